The van der Waals surface area contributed by atoms with Gasteiger partial charge in [-0.2, -0.15) is 0 Å². The standard InChI is InChI=1S/C12H9F3N2O2S/c13-7-4-5-11(9(16)6-7)20(18,19)17-10-3-1-2-8(14)12(10)15/h1-6,17H,16H2. The molecule has 0 saturated carbocycles. The Kier molecular flexibility index (Phi) is 3.58. The third-order valence-corrected chi connectivity index (χ3v) is 3.90. The maximum Gasteiger partial charge on any atom is 0.264 e. The van der Waals surface area contributed by atoms with Crippen molar-refractivity contribution >= 4 is 21.4 Å². The maximum atomic E-state index is 13.4. The highest BCUT2D eigenvalue weighted by molar-refractivity contribution is 7.92. The van der Waals surface area contributed by atoms with Gasteiger partial charge in [0.2, 0.25) is 0 Å². The summed E-state index contributed by atoms with van der Waals surface area (Å²) in [5, 5.41) is 0. The van der Waals surface area contributed by atoms with Crippen molar-refractivity contribution in [1.29, 1.82) is 0 Å². The predicted molar refractivity (Wildman–Crippen MR) is 68.0 cm³/mol. The maximum absolute atomic E-state index is 13.4. The lowest BCUT2D eigenvalue weighted by Crippen LogP contribution is -2.16. The van der Waals surface area contributed by atoms with E-state index in [9.17, 15) is 21.6 Å². The summed E-state index contributed by atoms with van der Waals surface area (Å²) < 4.78 is 65.1. The molecule has 0 saturated heterocycles. The molecule has 2 rings (SSSR count). The fraction of sp³-hybridized carbons (Fsp3) is 0. The molecule has 0 heterocycles. The average Bonchev–Trinajstić information content (AvgIpc) is 2.34. The van der Waals surface area contributed by atoms with Crippen LogP contribution in [-0.4, -0.2) is 8.42 Å². The molecule has 0 unspecified atom stereocenters. The molecule has 2 aromatic carbocycles. The van der Waals surface area contributed by atoms with Gasteiger partial charge in [0.15, 0.2) is 11.6 Å². The molecule has 0 atom stereocenters. The van der Waals surface area contributed by atoms with Crippen LogP contribution in [0.2, 0.25) is 0 Å². The molecule has 0 fully saturated rings. The van der Waals surface area contributed by atoms with Crippen molar-refractivity contribution in [1.82, 2.24) is 0 Å². The van der Waals surface area contributed by atoms with Gasteiger partial charge in [0.1, 0.15) is 10.7 Å². The van der Waals surface area contributed by atoms with Crippen LogP contribution in [0, 0.1) is 17.5 Å². The lowest BCUT2D eigenvalue weighted by atomic mass is 10.3. The molecule has 0 aliphatic heterocycles. The van der Waals surface area contributed by atoms with Crippen LogP contribution >= 0.6 is 0 Å². The Morgan fingerprint density at radius 2 is 1.75 bits per heavy atom. The second-order valence-corrected chi connectivity index (χ2v) is 5.54. The van der Waals surface area contributed by atoms with Crippen molar-refractivity contribution in [2.75, 3.05) is 10.5 Å². The molecular formula is C12H9F3N2O2S. The number of rotatable bonds is 3. The second-order valence-electron chi connectivity index (χ2n) is 3.89. The first-order chi connectivity index (χ1) is 9.31. The molecule has 106 valence electrons. The molecule has 0 radical (unpaired) electrons. The minimum Gasteiger partial charge on any atom is -0.398 e. The van der Waals surface area contributed by atoms with Gasteiger partial charge in [-0.25, -0.2) is 21.6 Å². The normalized spacial score (nSPS) is 11.3. The summed E-state index contributed by atoms with van der Waals surface area (Å²) in [6.07, 6.45) is 0. The van der Waals surface area contributed by atoms with E-state index in [1.165, 1.54) is 0 Å². The van der Waals surface area contributed by atoms with Gasteiger partial charge in [-0.15, -0.1) is 0 Å². The van der Waals surface area contributed by atoms with Gasteiger partial charge in [0.25, 0.3) is 10.0 Å². The van der Waals surface area contributed by atoms with Crippen molar-refractivity contribution in [2.45, 2.75) is 4.90 Å². The van der Waals surface area contributed by atoms with Crippen molar-refractivity contribution < 1.29 is 21.6 Å². The van der Waals surface area contributed by atoms with E-state index in [-0.39, 0.29) is 5.69 Å². The first-order valence-corrected chi connectivity index (χ1v) is 6.81. The van der Waals surface area contributed by atoms with Gasteiger partial charge in [-0.05, 0) is 30.3 Å². The molecule has 0 aromatic heterocycles. The fourth-order valence-electron chi connectivity index (χ4n) is 1.55. The molecule has 0 aliphatic rings. The van der Waals surface area contributed by atoms with Gasteiger partial charge in [-0.1, -0.05) is 6.07 Å². The van der Waals surface area contributed by atoms with Crippen molar-refractivity contribution in [3.63, 3.8) is 0 Å². The van der Waals surface area contributed by atoms with Crippen molar-refractivity contribution in [3.05, 3.63) is 53.8 Å². The number of halogens is 3. The number of nitrogens with two attached hydrogens (primary N) is 1. The largest absolute Gasteiger partial charge is 0.398 e. The van der Waals surface area contributed by atoms with E-state index in [1.54, 1.807) is 0 Å². The Hall–Kier alpha value is -2.22. The van der Waals surface area contributed by atoms with Crippen LogP contribution in [0.15, 0.2) is 41.3 Å². The number of hydrogen-bond donors (Lipinski definition) is 2. The zero-order chi connectivity index (χ0) is 14.9. The van der Waals surface area contributed by atoms with Crippen LogP contribution in [-0.2, 0) is 10.0 Å². The Labute approximate surface area is 113 Å². The smallest absolute Gasteiger partial charge is 0.264 e. The van der Waals surface area contributed by atoms with E-state index in [4.69, 9.17) is 5.73 Å². The highest BCUT2D eigenvalue weighted by atomic mass is 32.2. The summed E-state index contributed by atoms with van der Waals surface area (Å²) in [5.74, 6) is -3.24. The number of sulfonamides is 1. The lowest BCUT2D eigenvalue weighted by Gasteiger charge is -2.11. The fourth-order valence-corrected chi connectivity index (χ4v) is 2.72. The average molecular weight is 302 g/mol. The van der Waals surface area contributed by atoms with Crippen LogP contribution in [0.3, 0.4) is 0 Å². The molecule has 8 heteroatoms. The summed E-state index contributed by atoms with van der Waals surface area (Å²) in [6, 6.07) is 5.69. The third kappa shape index (κ3) is 2.69. The second kappa shape index (κ2) is 5.04. The molecule has 2 aromatic rings. The minimum atomic E-state index is -4.25. The Morgan fingerprint density at radius 1 is 1.05 bits per heavy atom. The first kappa shape index (κ1) is 14.2. The van der Waals surface area contributed by atoms with Crippen LogP contribution in [0.1, 0.15) is 0 Å². The zero-order valence-electron chi connectivity index (χ0n) is 9.90. The molecule has 0 spiro atoms. The van der Waals surface area contributed by atoms with Gasteiger partial charge in [0, 0.05) is 0 Å². The first-order valence-electron chi connectivity index (χ1n) is 5.33. The van der Waals surface area contributed by atoms with Gasteiger partial charge >= 0.3 is 0 Å². The SMILES string of the molecule is Nc1cc(F)ccc1S(=O)(=O)Nc1cccc(F)c1F. The van der Waals surface area contributed by atoms with Crippen LogP contribution in [0.25, 0.3) is 0 Å². The number of anilines is 2. The monoisotopic (exact) mass is 302 g/mol. The lowest BCUT2D eigenvalue weighted by molar-refractivity contribution is 0.511. The molecular weight excluding hydrogens is 293 g/mol. The topological polar surface area (TPSA) is 72.2 Å². The predicted octanol–water partition coefficient (Wildman–Crippen LogP) is 2.49. The van der Waals surface area contributed by atoms with E-state index >= 15 is 0 Å². The Balaban J connectivity index is 2.44. The van der Waals surface area contributed by atoms with E-state index in [0.717, 1.165) is 36.4 Å². The van der Waals surface area contributed by atoms with E-state index in [0.29, 0.717) is 0 Å². The van der Waals surface area contributed by atoms with Crippen LogP contribution in [0.5, 0.6) is 0 Å². The summed E-state index contributed by atoms with van der Waals surface area (Å²) in [5.41, 5.74) is 4.50. The summed E-state index contributed by atoms with van der Waals surface area (Å²) in [6.45, 7) is 0. The number of nitrogens with one attached hydrogen (secondary N) is 1. The minimum absolute atomic E-state index is 0.339. The Bertz CT molecular complexity index is 763. The van der Waals surface area contributed by atoms with E-state index in [2.05, 4.69) is 0 Å². The summed E-state index contributed by atoms with van der Waals surface area (Å²) >= 11 is 0. The van der Waals surface area contributed by atoms with Crippen molar-refractivity contribution in [3.8, 4) is 0 Å². The summed E-state index contributed by atoms with van der Waals surface area (Å²) in [7, 11) is -4.25. The quantitative estimate of drug-likeness (QED) is 0.856. The van der Waals surface area contributed by atoms with Gasteiger partial charge in [-0.3, -0.25) is 4.72 Å². The molecule has 0 aliphatic carbocycles. The third-order valence-electron chi connectivity index (χ3n) is 2.46. The highest BCUT2D eigenvalue weighted by Crippen LogP contribution is 2.24. The molecule has 0 bridgehead atoms. The van der Waals surface area contributed by atoms with E-state index in [1.807, 2.05) is 4.72 Å². The van der Waals surface area contributed by atoms with Crippen LogP contribution in [0.4, 0.5) is 24.5 Å². The zero-order valence-corrected chi connectivity index (χ0v) is 10.7. The van der Waals surface area contributed by atoms with Gasteiger partial charge in [0.05, 0.1) is 11.4 Å². The molecule has 3 N–H and O–H groups in total. The Morgan fingerprint density at radius 3 is 2.40 bits per heavy atom. The molecule has 4 nitrogen and oxygen atoms in total. The van der Waals surface area contributed by atoms with Gasteiger partial charge < -0.3 is 5.73 Å². The number of benzene rings is 2. The molecule has 0 amide bonds. The summed E-state index contributed by atoms with van der Waals surface area (Å²) in [4.78, 5) is -0.428. The van der Waals surface area contributed by atoms with Crippen molar-refractivity contribution in [2.24, 2.45) is 0 Å². The molecule has 20 heavy (non-hydrogen) atoms. The van der Waals surface area contributed by atoms with Crippen LogP contribution < -0.4 is 10.5 Å². The number of hydrogen-bond acceptors (Lipinski definition) is 3. The van der Waals surface area contributed by atoms with E-state index < -0.39 is 38.1 Å². The highest BCUT2D eigenvalue weighted by Gasteiger charge is 2.20. The number of nitrogen functional groups attached to an aromatic ring is 1.